The van der Waals surface area contributed by atoms with Gasteiger partial charge in [0.05, 0.1) is 24.3 Å². The van der Waals surface area contributed by atoms with Crippen LogP contribution < -0.4 is 4.90 Å². The molecule has 2 aliphatic rings. The first-order chi connectivity index (χ1) is 14.2. The first-order valence-electron chi connectivity index (χ1n) is 10.8. The minimum absolute atomic E-state index is 0.731. The fourth-order valence-electron chi connectivity index (χ4n) is 4.72. The smallest absolute Gasteiger partial charge is 0.162 e. The van der Waals surface area contributed by atoms with Crippen LogP contribution in [0.1, 0.15) is 18.4 Å². The van der Waals surface area contributed by atoms with E-state index in [1.54, 1.807) is 0 Å². The second kappa shape index (κ2) is 7.76. The molecule has 6 heteroatoms. The van der Waals surface area contributed by atoms with Gasteiger partial charge in [0.15, 0.2) is 5.65 Å². The summed E-state index contributed by atoms with van der Waals surface area (Å²) >= 11 is 0. The summed E-state index contributed by atoms with van der Waals surface area (Å²) in [6.45, 7) is 9.12. The summed E-state index contributed by atoms with van der Waals surface area (Å²) in [6.07, 6.45) is 8.55. The standard InChI is InChI=1S/C23H30N6/c1-18-4-3-5-19(14-18)22-16-25-29-17-21(15-24-23(22)29)27-8-6-20(7-9-27)28-12-10-26(2)11-13-28/h3-5,14-17,20H,6-13H2,1-2H3. The van der Waals surface area contributed by atoms with Crippen LogP contribution in [0.2, 0.25) is 0 Å². The van der Waals surface area contributed by atoms with Gasteiger partial charge in [0.25, 0.3) is 0 Å². The molecule has 0 aliphatic carbocycles. The van der Waals surface area contributed by atoms with E-state index in [2.05, 4.69) is 64.2 Å². The molecule has 0 atom stereocenters. The number of likely N-dealkylation sites (N-methyl/N-ethyl adjacent to an activating group) is 1. The summed E-state index contributed by atoms with van der Waals surface area (Å²) in [5, 5.41) is 4.59. The zero-order chi connectivity index (χ0) is 19.8. The number of fused-ring (bicyclic) bond motifs is 1. The van der Waals surface area contributed by atoms with Gasteiger partial charge in [0.2, 0.25) is 0 Å². The molecule has 0 bridgehead atoms. The van der Waals surface area contributed by atoms with E-state index < -0.39 is 0 Å². The summed E-state index contributed by atoms with van der Waals surface area (Å²) in [6, 6.07) is 9.26. The van der Waals surface area contributed by atoms with E-state index in [9.17, 15) is 0 Å². The van der Waals surface area contributed by atoms with E-state index in [-0.39, 0.29) is 0 Å². The van der Waals surface area contributed by atoms with Gasteiger partial charge in [-0.05, 0) is 32.4 Å². The van der Waals surface area contributed by atoms with Gasteiger partial charge in [0, 0.05) is 50.9 Å². The predicted molar refractivity (Wildman–Crippen MR) is 117 cm³/mol. The fraction of sp³-hybridized carbons (Fsp3) is 0.478. The van der Waals surface area contributed by atoms with Crippen molar-refractivity contribution < 1.29 is 0 Å². The average molecular weight is 391 g/mol. The number of aryl methyl sites for hydroxylation is 1. The van der Waals surface area contributed by atoms with Crippen LogP contribution in [0.15, 0.2) is 42.9 Å². The van der Waals surface area contributed by atoms with E-state index in [1.165, 1.54) is 55.8 Å². The van der Waals surface area contributed by atoms with Gasteiger partial charge in [-0.15, -0.1) is 0 Å². The molecule has 152 valence electrons. The van der Waals surface area contributed by atoms with E-state index in [0.29, 0.717) is 0 Å². The maximum atomic E-state index is 4.78. The van der Waals surface area contributed by atoms with Gasteiger partial charge in [0.1, 0.15) is 0 Å². The second-order valence-electron chi connectivity index (χ2n) is 8.57. The number of aromatic nitrogens is 3. The highest BCUT2D eigenvalue weighted by molar-refractivity contribution is 5.77. The Bertz CT molecular complexity index is 980. The number of anilines is 1. The fourth-order valence-corrected chi connectivity index (χ4v) is 4.72. The molecule has 6 nitrogen and oxygen atoms in total. The topological polar surface area (TPSA) is 39.9 Å². The summed E-state index contributed by atoms with van der Waals surface area (Å²) in [4.78, 5) is 12.4. The number of rotatable bonds is 3. The van der Waals surface area contributed by atoms with Gasteiger partial charge >= 0.3 is 0 Å². The Balaban J connectivity index is 1.29. The largest absolute Gasteiger partial charge is 0.369 e. The van der Waals surface area contributed by atoms with E-state index in [1.807, 2.05) is 16.9 Å². The zero-order valence-corrected chi connectivity index (χ0v) is 17.5. The summed E-state index contributed by atoms with van der Waals surface area (Å²) in [5.41, 5.74) is 5.61. The zero-order valence-electron chi connectivity index (χ0n) is 17.5. The van der Waals surface area contributed by atoms with Crippen LogP contribution in [0.4, 0.5) is 5.69 Å². The lowest BCUT2D eigenvalue weighted by Gasteiger charge is -2.42. The summed E-state index contributed by atoms with van der Waals surface area (Å²) in [7, 11) is 2.22. The molecule has 2 aromatic heterocycles. The lowest BCUT2D eigenvalue weighted by molar-refractivity contribution is 0.0982. The summed E-state index contributed by atoms with van der Waals surface area (Å²) in [5.74, 6) is 0. The van der Waals surface area contributed by atoms with Gasteiger partial charge in [-0.2, -0.15) is 5.10 Å². The van der Waals surface area contributed by atoms with Crippen molar-refractivity contribution in [2.45, 2.75) is 25.8 Å². The first-order valence-corrected chi connectivity index (χ1v) is 10.8. The highest BCUT2D eigenvalue weighted by Crippen LogP contribution is 2.27. The molecule has 0 N–H and O–H groups in total. The molecule has 0 amide bonds. The van der Waals surface area contributed by atoms with Crippen molar-refractivity contribution in [1.82, 2.24) is 24.4 Å². The normalized spacial score (nSPS) is 19.9. The molecule has 2 fully saturated rings. The number of piperazine rings is 1. The quantitative estimate of drug-likeness (QED) is 0.688. The molecule has 5 rings (SSSR count). The van der Waals surface area contributed by atoms with Crippen LogP contribution in [-0.2, 0) is 0 Å². The molecule has 0 spiro atoms. The predicted octanol–water partition coefficient (Wildman–Crippen LogP) is 2.92. The van der Waals surface area contributed by atoms with E-state index in [4.69, 9.17) is 4.98 Å². The Kier molecular flexibility index (Phi) is 4.97. The van der Waals surface area contributed by atoms with Crippen molar-refractivity contribution in [3.05, 3.63) is 48.4 Å². The van der Waals surface area contributed by atoms with E-state index >= 15 is 0 Å². The molecular formula is C23H30N6. The van der Waals surface area contributed by atoms with Gasteiger partial charge in [-0.25, -0.2) is 9.50 Å². The Morgan fingerprint density at radius 1 is 0.966 bits per heavy atom. The maximum absolute atomic E-state index is 4.78. The highest BCUT2D eigenvalue weighted by Gasteiger charge is 2.27. The minimum atomic E-state index is 0.731. The van der Waals surface area contributed by atoms with Gasteiger partial charge < -0.3 is 9.80 Å². The maximum Gasteiger partial charge on any atom is 0.162 e. The Morgan fingerprint density at radius 2 is 1.76 bits per heavy atom. The lowest BCUT2D eigenvalue weighted by Crippen LogP contribution is -2.52. The Hall–Kier alpha value is -2.44. The average Bonchev–Trinajstić information content (AvgIpc) is 3.18. The van der Waals surface area contributed by atoms with E-state index in [0.717, 1.165) is 30.3 Å². The Morgan fingerprint density at radius 3 is 2.52 bits per heavy atom. The molecule has 0 radical (unpaired) electrons. The first kappa shape index (κ1) is 18.6. The number of piperidine rings is 1. The van der Waals surface area contributed by atoms with Crippen molar-refractivity contribution in [2.24, 2.45) is 0 Å². The lowest BCUT2D eigenvalue weighted by atomic mass is 10.0. The number of hydrogen-bond acceptors (Lipinski definition) is 5. The van der Waals surface area contributed by atoms with Crippen molar-refractivity contribution in [2.75, 3.05) is 51.2 Å². The molecule has 0 unspecified atom stereocenters. The van der Waals surface area contributed by atoms with Crippen LogP contribution in [0.3, 0.4) is 0 Å². The molecule has 2 aliphatic heterocycles. The van der Waals surface area contributed by atoms with Crippen LogP contribution in [0.25, 0.3) is 16.8 Å². The van der Waals surface area contributed by atoms with Crippen molar-refractivity contribution in [3.63, 3.8) is 0 Å². The molecule has 3 aromatic rings. The molecule has 2 saturated heterocycles. The molecule has 0 saturated carbocycles. The third-order valence-corrected chi connectivity index (χ3v) is 6.56. The molecule has 1 aromatic carbocycles. The van der Waals surface area contributed by atoms with Crippen molar-refractivity contribution >= 4 is 11.3 Å². The second-order valence-corrected chi connectivity index (χ2v) is 8.57. The SMILES string of the molecule is Cc1cccc(-c2cnn3cc(N4CCC(N5CCN(C)CC5)CC4)cnc23)c1. The highest BCUT2D eigenvalue weighted by atomic mass is 15.3. The number of hydrogen-bond donors (Lipinski definition) is 0. The summed E-state index contributed by atoms with van der Waals surface area (Å²) < 4.78 is 1.93. The number of benzene rings is 1. The van der Waals surface area contributed by atoms with Crippen LogP contribution in [0, 0.1) is 6.92 Å². The van der Waals surface area contributed by atoms with Crippen molar-refractivity contribution in [3.8, 4) is 11.1 Å². The third kappa shape index (κ3) is 3.74. The van der Waals surface area contributed by atoms with Crippen LogP contribution in [-0.4, -0.2) is 76.8 Å². The molecule has 29 heavy (non-hydrogen) atoms. The number of nitrogens with zero attached hydrogens (tertiary/aromatic N) is 6. The van der Waals surface area contributed by atoms with Crippen molar-refractivity contribution in [1.29, 1.82) is 0 Å². The Labute approximate surface area is 172 Å². The van der Waals surface area contributed by atoms with Gasteiger partial charge in [-0.1, -0.05) is 29.8 Å². The van der Waals surface area contributed by atoms with Crippen LogP contribution >= 0.6 is 0 Å². The monoisotopic (exact) mass is 390 g/mol. The third-order valence-electron chi connectivity index (χ3n) is 6.56. The molecule has 4 heterocycles. The minimum Gasteiger partial charge on any atom is -0.369 e. The molecular weight excluding hydrogens is 360 g/mol. The van der Waals surface area contributed by atoms with Crippen LogP contribution in [0.5, 0.6) is 0 Å². The van der Waals surface area contributed by atoms with Gasteiger partial charge in [-0.3, -0.25) is 4.90 Å².